The summed E-state index contributed by atoms with van der Waals surface area (Å²) in [6, 6.07) is 8.20. The molecule has 3 rings (SSSR count). The van der Waals surface area contributed by atoms with E-state index in [4.69, 9.17) is 10.5 Å². The van der Waals surface area contributed by atoms with Crippen molar-refractivity contribution < 1.29 is 23.4 Å². The number of ether oxygens (including phenoxy) is 1. The fourth-order valence-corrected chi connectivity index (χ4v) is 3.48. The minimum atomic E-state index is -0.845. The quantitative estimate of drug-likeness (QED) is 0.495. The Labute approximate surface area is 184 Å². The number of carbonyl (C=O) groups is 1. The van der Waals surface area contributed by atoms with Gasteiger partial charge in [0.05, 0.1) is 21.9 Å². The summed E-state index contributed by atoms with van der Waals surface area (Å²) in [7, 11) is 1.32. The lowest BCUT2D eigenvalue weighted by Gasteiger charge is -2.13. The van der Waals surface area contributed by atoms with Crippen LogP contribution in [0.15, 0.2) is 36.5 Å². The highest BCUT2D eigenvalue weighted by atomic mass is 127. The van der Waals surface area contributed by atoms with E-state index >= 15 is 0 Å². The molecule has 1 heterocycles. The Balaban J connectivity index is 2.04. The van der Waals surface area contributed by atoms with Crippen LogP contribution >= 0.6 is 22.6 Å². The van der Waals surface area contributed by atoms with Crippen molar-refractivity contribution in [2.45, 2.75) is 6.42 Å². The average molecular weight is 521 g/mol. The number of aromatic hydroxyl groups is 1. The maximum absolute atomic E-state index is 14.8. The Bertz CT molecular complexity index is 1210. The Morgan fingerprint density at radius 1 is 1.33 bits per heavy atom. The highest BCUT2D eigenvalue weighted by molar-refractivity contribution is 14.1. The van der Waals surface area contributed by atoms with E-state index in [-0.39, 0.29) is 40.3 Å². The van der Waals surface area contributed by atoms with Crippen LogP contribution in [0.4, 0.5) is 8.78 Å². The van der Waals surface area contributed by atoms with Crippen molar-refractivity contribution in [1.29, 1.82) is 5.26 Å². The zero-order valence-electron chi connectivity index (χ0n) is 15.5. The number of pyridine rings is 1. The minimum Gasteiger partial charge on any atom is -0.505 e. The molecule has 0 unspecified atom stereocenters. The van der Waals surface area contributed by atoms with E-state index in [0.717, 1.165) is 6.07 Å². The van der Waals surface area contributed by atoms with E-state index in [1.807, 2.05) is 28.7 Å². The molecule has 0 aliphatic carbocycles. The van der Waals surface area contributed by atoms with Gasteiger partial charge in [-0.25, -0.2) is 8.78 Å². The van der Waals surface area contributed by atoms with E-state index in [2.05, 4.69) is 4.98 Å². The number of nitrogens with two attached hydrogens (primary N) is 1. The van der Waals surface area contributed by atoms with E-state index in [1.165, 1.54) is 31.5 Å². The molecule has 152 valence electrons. The monoisotopic (exact) mass is 521 g/mol. The van der Waals surface area contributed by atoms with Crippen LogP contribution in [0.5, 0.6) is 11.5 Å². The van der Waals surface area contributed by atoms with E-state index in [9.17, 15) is 23.9 Å². The van der Waals surface area contributed by atoms with Gasteiger partial charge in [0.25, 0.3) is 5.91 Å². The van der Waals surface area contributed by atoms with Crippen LogP contribution in [0.3, 0.4) is 0 Å². The molecule has 3 aromatic rings. The molecule has 30 heavy (non-hydrogen) atoms. The first-order chi connectivity index (χ1) is 14.3. The molecular weight excluding hydrogens is 507 g/mol. The number of nitriles is 1. The molecule has 0 fully saturated rings. The Morgan fingerprint density at radius 3 is 2.67 bits per heavy atom. The second-order valence-electron chi connectivity index (χ2n) is 6.29. The van der Waals surface area contributed by atoms with Gasteiger partial charge in [-0.1, -0.05) is 6.07 Å². The Kier molecular flexibility index (Phi) is 6.17. The third kappa shape index (κ3) is 4.04. The summed E-state index contributed by atoms with van der Waals surface area (Å²) in [4.78, 5) is 15.6. The standard InChI is InChI=1S/C21H14F2IN3O3/c1-30-20-11(6-12(22)7-14(20)21(26)29)4-10-2-3-13(16(23)5-10)18-15(8-25)19(28)17(24)9-27-18/h2-3,5-7,9H,4H2,1H3,(H2,26,29)(H,27,28). The van der Waals surface area contributed by atoms with Gasteiger partial charge in [0.15, 0.2) is 0 Å². The van der Waals surface area contributed by atoms with Crippen molar-refractivity contribution >= 4 is 28.5 Å². The lowest BCUT2D eigenvalue weighted by Crippen LogP contribution is -2.14. The van der Waals surface area contributed by atoms with Crippen molar-refractivity contribution in [3.05, 3.63) is 74.0 Å². The number of hydrogen-bond donors (Lipinski definition) is 2. The van der Waals surface area contributed by atoms with E-state index in [1.54, 1.807) is 6.07 Å². The third-order valence-electron chi connectivity index (χ3n) is 4.40. The fraction of sp³-hybridized carbons (Fsp3) is 0.0952. The highest BCUT2D eigenvalue weighted by Crippen LogP contribution is 2.33. The summed E-state index contributed by atoms with van der Waals surface area (Å²) in [5.41, 5.74) is 5.87. The summed E-state index contributed by atoms with van der Waals surface area (Å²) >= 11 is 1.82. The summed E-state index contributed by atoms with van der Waals surface area (Å²) in [5, 5.41) is 19.4. The lowest BCUT2D eigenvalue weighted by atomic mass is 9.98. The number of primary amides is 1. The molecule has 0 bridgehead atoms. The smallest absolute Gasteiger partial charge is 0.252 e. The predicted octanol–water partition coefficient (Wildman–Crippen LogP) is 3.91. The Hall–Kier alpha value is -3.26. The maximum Gasteiger partial charge on any atom is 0.252 e. The first-order valence-electron chi connectivity index (χ1n) is 8.49. The van der Waals surface area contributed by atoms with Crippen LogP contribution in [0, 0.1) is 26.5 Å². The van der Waals surface area contributed by atoms with E-state index < -0.39 is 17.5 Å². The van der Waals surface area contributed by atoms with Crippen LogP contribution in [0.2, 0.25) is 0 Å². The van der Waals surface area contributed by atoms with Gasteiger partial charge in [-0.05, 0) is 52.4 Å². The van der Waals surface area contributed by atoms with Crippen LogP contribution < -0.4 is 10.5 Å². The minimum absolute atomic E-state index is 0.0128. The zero-order chi connectivity index (χ0) is 22.0. The highest BCUT2D eigenvalue weighted by Gasteiger charge is 2.19. The number of carbonyl (C=O) groups excluding carboxylic acids is 1. The van der Waals surface area contributed by atoms with Crippen LogP contribution in [0.25, 0.3) is 11.3 Å². The van der Waals surface area contributed by atoms with Gasteiger partial charge in [-0.3, -0.25) is 9.78 Å². The predicted molar refractivity (Wildman–Crippen MR) is 113 cm³/mol. The number of amides is 1. The number of benzene rings is 2. The van der Waals surface area contributed by atoms with Gasteiger partial charge >= 0.3 is 0 Å². The molecule has 0 atom stereocenters. The molecule has 1 aromatic heterocycles. The second-order valence-corrected chi connectivity index (χ2v) is 7.45. The molecule has 9 heteroatoms. The third-order valence-corrected chi connectivity index (χ3v) is 5.19. The van der Waals surface area contributed by atoms with Crippen molar-refractivity contribution in [3.8, 4) is 28.8 Å². The van der Waals surface area contributed by atoms with E-state index in [0.29, 0.717) is 14.7 Å². The SMILES string of the molecule is COc1c(Cc2ccc(-c3ncc(I)c(O)c3C#N)c(F)c2)cc(F)cc1C(N)=O. The fourth-order valence-electron chi connectivity index (χ4n) is 3.07. The number of halogens is 3. The van der Waals surface area contributed by atoms with Crippen molar-refractivity contribution in [1.82, 2.24) is 4.98 Å². The number of methoxy groups -OCH3 is 1. The number of hydrogen-bond acceptors (Lipinski definition) is 5. The summed E-state index contributed by atoms with van der Waals surface area (Å²) < 4.78 is 34.3. The largest absolute Gasteiger partial charge is 0.505 e. The molecule has 0 saturated carbocycles. The summed E-state index contributed by atoms with van der Waals surface area (Å²) in [6.45, 7) is 0. The maximum atomic E-state index is 14.8. The number of rotatable bonds is 5. The second kappa shape index (κ2) is 8.62. The zero-order valence-corrected chi connectivity index (χ0v) is 17.7. The van der Waals surface area contributed by atoms with Crippen molar-refractivity contribution in [2.24, 2.45) is 5.73 Å². The molecule has 3 N–H and O–H groups in total. The van der Waals surface area contributed by atoms with Gasteiger partial charge in [-0.2, -0.15) is 5.26 Å². The molecule has 2 aromatic carbocycles. The molecular formula is C21H14F2IN3O3. The number of aromatic nitrogens is 1. The van der Waals surface area contributed by atoms with Gasteiger partial charge in [-0.15, -0.1) is 0 Å². The summed E-state index contributed by atoms with van der Waals surface area (Å²) in [6.07, 6.45) is 1.40. The van der Waals surface area contributed by atoms with Crippen LogP contribution in [0.1, 0.15) is 27.0 Å². The molecule has 0 radical (unpaired) electrons. The lowest BCUT2D eigenvalue weighted by molar-refractivity contribution is 0.0996. The molecule has 0 saturated heterocycles. The average Bonchev–Trinajstić information content (AvgIpc) is 2.70. The normalized spacial score (nSPS) is 10.5. The first-order valence-corrected chi connectivity index (χ1v) is 9.57. The van der Waals surface area contributed by atoms with Crippen molar-refractivity contribution in [2.75, 3.05) is 7.11 Å². The molecule has 1 amide bonds. The van der Waals surface area contributed by atoms with Gasteiger partial charge < -0.3 is 15.6 Å². The van der Waals surface area contributed by atoms with Crippen molar-refractivity contribution in [3.63, 3.8) is 0 Å². The Morgan fingerprint density at radius 2 is 2.07 bits per heavy atom. The van der Waals surface area contributed by atoms with Gasteiger partial charge in [0.2, 0.25) is 0 Å². The topological polar surface area (TPSA) is 109 Å². The molecule has 0 spiro atoms. The van der Waals surface area contributed by atoms with Gasteiger partial charge in [0, 0.05) is 23.7 Å². The molecule has 0 aliphatic heterocycles. The summed E-state index contributed by atoms with van der Waals surface area (Å²) in [5.74, 6) is -2.35. The molecule has 0 aliphatic rings. The first kappa shape index (κ1) is 21.4. The number of nitrogens with zero attached hydrogens (tertiary/aromatic N) is 2. The van der Waals surface area contributed by atoms with Crippen LogP contribution in [-0.4, -0.2) is 23.1 Å². The van der Waals surface area contributed by atoms with Gasteiger partial charge in [0.1, 0.15) is 34.8 Å². The van der Waals surface area contributed by atoms with Crippen LogP contribution in [-0.2, 0) is 6.42 Å². The molecule has 6 nitrogen and oxygen atoms in total.